The summed E-state index contributed by atoms with van der Waals surface area (Å²) in [6.45, 7) is 2.72. The van der Waals surface area contributed by atoms with E-state index < -0.39 is 49.1 Å². The Morgan fingerprint density at radius 1 is 0.973 bits per heavy atom. The second-order valence-electron chi connectivity index (χ2n) is 8.91. The van der Waals surface area contributed by atoms with Crippen LogP contribution in [0.25, 0.3) is 5.57 Å². The van der Waals surface area contributed by atoms with Crippen molar-refractivity contribution in [2.45, 2.75) is 50.4 Å². The van der Waals surface area contributed by atoms with Crippen LogP contribution in [0.5, 0.6) is 0 Å². The van der Waals surface area contributed by atoms with Crippen LogP contribution in [0.1, 0.15) is 51.0 Å². The van der Waals surface area contributed by atoms with Crippen LogP contribution in [0, 0.1) is 0 Å². The third kappa shape index (κ3) is 6.80. The highest BCUT2D eigenvalue weighted by Gasteiger charge is 2.52. The maximum absolute atomic E-state index is 14.4. The molecule has 0 aliphatic heterocycles. The number of alkyl halides is 6. The van der Waals surface area contributed by atoms with E-state index in [1.165, 1.54) is 18.2 Å². The number of allylic oxidation sites excluding steroid dienone is 1. The lowest BCUT2D eigenvalue weighted by Crippen LogP contribution is -2.40. The van der Waals surface area contributed by atoms with Gasteiger partial charge in [0.15, 0.2) is 0 Å². The molecular weight excluding hydrogens is 565 g/mol. The number of nitrogens with one attached hydrogen (secondary N) is 2. The van der Waals surface area contributed by atoms with Crippen LogP contribution in [0.15, 0.2) is 24.8 Å². The van der Waals surface area contributed by atoms with E-state index in [-0.39, 0.29) is 26.1 Å². The third-order valence-corrected chi connectivity index (χ3v) is 7.90. The highest BCUT2D eigenvalue weighted by Crippen LogP contribution is 2.49. The fourth-order valence-electron chi connectivity index (χ4n) is 4.19. The molecule has 0 saturated carbocycles. The number of carbonyl (C=O) groups is 2. The van der Waals surface area contributed by atoms with E-state index in [0.717, 1.165) is 23.8 Å². The molecule has 1 heterocycles. The Balaban J connectivity index is 1.84. The quantitative estimate of drug-likeness (QED) is 0.331. The molecule has 3 rings (SSSR count). The lowest BCUT2D eigenvalue weighted by atomic mass is 9.76. The van der Waals surface area contributed by atoms with Crippen molar-refractivity contribution in [2.75, 3.05) is 13.1 Å². The van der Waals surface area contributed by atoms with Gasteiger partial charge in [-0.3, -0.25) is 9.59 Å². The number of fused-ring (bicyclic) bond motifs is 1. The van der Waals surface area contributed by atoms with Crippen LogP contribution < -0.4 is 10.6 Å². The monoisotopic (exact) mass is 586 g/mol. The summed E-state index contributed by atoms with van der Waals surface area (Å²) in [6, 6.07) is 3.74. The van der Waals surface area contributed by atoms with Crippen molar-refractivity contribution in [1.82, 2.24) is 10.6 Å². The van der Waals surface area contributed by atoms with E-state index in [1.54, 1.807) is 5.32 Å². The number of rotatable bonds is 8. The molecule has 0 fully saturated rings. The number of benzene rings is 1. The van der Waals surface area contributed by atoms with E-state index >= 15 is 0 Å². The van der Waals surface area contributed by atoms with E-state index in [9.17, 15) is 35.9 Å². The molecule has 13 heteroatoms. The highest BCUT2D eigenvalue weighted by molar-refractivity contribution is 7.15. The molecule has 202 valence electrons. The number of thiophene rings is 1. The first-order valence-corrected chi connectivity index (χ1v) is 12.6. The Bertz CT molecular complexity index is 1200. The van der Waals surface area contributed by atoms with Crippen LogP contribution >= 0.6 is 34.5 Å². The van der Waals surface area contributed by atoms with E-state index in [1.807, 2.05) is 0 Å². The molecule has 1 aromatic heterocycles. The molecule has 2 amide bonds. The molecule has 0 bridgehead atoms. The van der Waals surface area contributed by atoms with E-state index in [0.29, 0.717) is 29.7 Å². The van der Waals surface area contributed by atoms with Gasteiger partial charge in [-0.15, -0.1) is 11.3 Å². The Kier molecular flexibility index (Phi) is 8.61. The Hall–Kier alpha value is -2.24. The van der Waals surface area contributed by atoms with Crippen molar-refractivity contribution in [1.29, 1.82) is 0 Å². The smallest absolute Gasteiger partial charge is 0.345 e. The van der Waals surface area contributed by atoms with Crippen LogP contribution in [-0.2, 0) is 23.1 Å². The fraction of sp³-hybridized carbons (Fsp3) is 0.417. The van der Waals surface area contributed by atoms with Crippen molar-refractivity contribution < 1.29 is 35.9 Å². The van der Waals surface area contributed by atoms with Crippen molar-refractivity contribution in [3.63, 3.8) is 0 Å². The molecule has 37 heavy (non-hydrogen) atoms. The molecule has 4 nitrogen and oxygen atoms in total. The average Bonchev–Trinajstić information content (AvgIpc) is 3.36. The van der Waals surface area contributed by atoms with Crippen LogP contribution in [-0.4, -0.2) is 37.3 Å². The van der Waals surface area contributed by atoms with Gasteiger partial charge in [0.2, 0.25) is 5.91 Å². The summed E-state index contributed by atoms with van der Waals surface area (Å²) in [7, 11) is 0. The maximum Gasteiger partial charge on any atom is 0.405 e. The summed E-state index contributed by atoms with van der Waals surface area (Å²) in [5, 5.41) is 4.04. The summed E-state index contributed by atoms with van der Waals surface area (Å²) in [4.78, 5) is 25.0. The van der Waals surface area contributed by atoms with Gasteiger partial charge in [0.1, 0.15) is 6.54 Å². The predicted molar refractivity (Wildman–Crippen MR) is 131 cm³/mol. The van der Waals surface area contributed by atoms with E-state index in [2.05, 4.69) is 11.9 Å². The topological polar surface area (TPSA) is 58.2 Å². The molecule has 1 unspecified atom stereocenters. The minimum absolute atomic E-state index is 0.0545. The SMILES string of the molecule is C=C(CC(C)(c1cc(Cl)cc(Cl)c1)C(F)(F)F)c1sc(C(=O)NCC(=O)NCC(F)(F)F)c2c1CCC2. The first-order valence-electron chi connectivity index (χ1n) is 11.0. The number of amides is 2. The summed E-state index contributed by atoms with van der Waals surface area (Å²) >= 11 is 12.9. The second kappa shape index (κ2) is 10.9. The lowest BCUT2D eigenvalue weighted by Gasteiger charge is -2.33. The van der Waals surface area contributed by atoms with Crippen LogP contribution in [0.4, 0.5) is 26.3 Å². The molecule has 1 aliphatic rings. The van der Waals surface area contributed by atoms with Crippen molar-refractivity contribution in [3.8, 4) is 0 Å². The van der Waals surface area contributed by atoms with Gasteiger partial charge in [-0.2, -0.15) is 26.3 Å². The molecule has 2 N–H and O–H groups in total. The molecule has 1 atom stereocenters. The fourth-order valence-corrected chi connectivity index (χ4v) is 6.00. The number of hydrogen-bond donors (Lipinski definition) is 2. The average molecular weight is 587 g/mol. The third-order valence-electron chi connectivity index (χ3n) is 6.09. The first-order chi connectivity index (χ1) is 17.0. The first kappa shape index (κ1) is 29.3. The van der Waals surface area contributed by atoms with Gasteiger partial charge in [0.25, 0.3) is 5.91 Å². The highest BCUT2D eigenvalue weighted by atomic mass is 35.5. The second-order valence-corrected chi connectivity index (χ2v) is 10.8. The molecule has 0 radical (unpaired) electrons. The number of halogens is 8. The van der Waals surface area contributed by atoms with Crippen LogP contribution in [0.2, 0.25) is 10.0 Å². The summed E-state index contributed by atoms with van der Waals surface area (Å²) in [5.41, 5.74) is -0.979. The maximum atomic E-state index is 14.4. The molecular formula is C24H22Cl2F6N2O2S. The normalized spacial score (nSPS) is 15.2. The zero-order chi connectivity index (χ0) is 27.8. The van der Waals surface area contributed by atoms with Gasteiger partial charge in [-0.05, 0) is 73.1 Å². The summed E-state index contributed by atoms with van der Waals surface area (Å²) in [6.07, 6.45) is -8.10. The minimum Gasteiger partial charge on any atom is -0.345 e. The largest absolute Gasteiger partial charge is 0.405 e. The molecule has 2 aromatic rings. The van der Waals surface area contributed by atoms with Gasteiger partial charge in [0.05, 0.1) is 16.8 Å². The zero-order valence-electron chi connectivity index (χ0n) is 19.4. The molecule has 1 aliphatic carbocycles. The standard InChI is InChI=1S/C24H22Cl2F6N2O2S/c1-12(9-22(2,24(30,31)32)13-6-14(25)8-15(26)7-13)19-16-4-3-5-17(16)20(37-19)21(36)33-10-18(35)34-11-23(27,28)29/h6-8H,1,3-5,9-11H2,2H3,(H,33,36)(H,34,35). The van der Waals surface area contributed by atoms with Gasteiger partial charge in [0, 0.05) is 14.9 Å². The van der Waals surface area contributed by atoms with E-state index in [4.69, 9.17) is 23.2 Å². The van der Waals surface area contributed by atoms with Gasteiger partial charge in [-0.1, -0.05) is 29.8 Å². The Morgan fingerprint density at radius 2 is 1.54 bits per heavy atom. The number of hydrogen-bond acceptors (Lipinski definition) is 3. The Labute approximate surface area is 223 Å². The van der Waals surface area contributed by atoms with Crippen molar-refractivity contribution >= 4 is 51.9 Å². The van der Waals surface area contributed by atoms with Crippen molar-refractivity contribution in [3.05, 3.63) is 61.3 Å². The zero-order valence-corrected chi connectivity index (χ0v) is 21.8. The molecule has 1 aromatic carbocycles. The Morgan fingerprint density at radius 3 is 2.08 bits per heavy atom. The predicted octanol–water partition coefficient (Wildman–Crippen LogP) is 6.88. The minimum atomic E-state index is -4.69. The van der Waals surface area contributed by atoms with Gasteiger partial charge in [-0.25, -0.2) is 0 Å². The lowest BCUT2D eigenvalue weighted by molar-refractivity contribution is -0.184. The molecule has 0 spiro atoms. The van der Waals surface area contributed by atoms with Gasteiger partial charge < -0.3 is 10.6 Å². The number of carbonyl (C=O) groups excluding carboxylic acids is 2. The van der Waals surface area contributed by atoms with Crippen LogP contribution in [0.3, 0.4) is 0 Å². The summed E-state index contributed by atoms with van der Waals surface area (Å²) < 4.78 is 79.8. The van der Waals surface area contributed by atoms with Gasteiger partial charge >= 0.3 is 12.4 Å². The molecule has 0 saturated heterocycles. The van der Waals surface area contributed by atoms with Crippen molar-refractivity contribution in [2.24, 2.45) is 0 Å². The summed E-state index contributed by atoms with van der Waals surface area (Å²) in [5.74, 6) is -1.71.